The minimum absolute atomic E-state index is 0.0553. The maximum absolute atomic E-state index is 14.9. The van der Waals surface area contributed by atoms with Gasteiger partial charge in [-0.3, -0.25) is 14.4 Å². The highest BCUT2D eigenvalue weighted by Gasteiger charge is 2.65. The van der Waals surface area contributed by atoms with Crippen LogP contribution < -0.4 is 25.8 Å². The lowest BCUT2D eigenvalue weighted by Gasteiger charge is -2.40. The first-order valence-corrected chi connectivity index (χ1v) is 16.2. The predicted octanol–water partition coefficient (Wildman–Crippen LogP) is 6.70. The van der Waals surface area contributed by atoms with Crippen LogP contribution in [-0.2, 0) is 9.59 Å². The Morgan fingerprint density at radius 1 is 0.909 bits per heavy atom. The van der Waals surface area contributed by atoms with Crippen LogP contribution in [0.4, 0.5) is 29.5 Å². The number of rotatable bonds is 9. The first kappa shape index (κ1) is 31.8. The minimum Gasteiger partial charge on any atom is -0.496 e. The molecule has 8 nitrogen and oxygen atoms in total. The molecule has 2 aromatic carbocycles. The summed E-state index contributed by atoms with van der Waals surface area (Å²) < 4.78 is 92.6. The fourth-order valence-corrected chi connectivity index (χ4v) is 7.45. The number of nitrogens with one attached hydrogen (secondary N) is 2. The first-order valence-electron chi connectivity index (χ1n) is 14.2. The van der Waals surface area contributed by atoms with Gasteiger partial charge in [-0.15, -0.1) is 0 Å². The number of carbonyl (C=O) groups excluding carboxylic acids is 3. The Kier molecular flexibility index (Phi) is 7.78. The lowest BCUT2D eigenvalue weighted by atomic mass is 9.83. The van der Waals surface area contributed by atoms with Crippen molar-refractivity contribution in [1.29, 1.82) is 0 Å². The number of amides is 3. The van der Waals surface area contributed by atoms with Gasteiger partial charge in [0, 0.05) is 23.7 Å². The number of ether oxygens (including phenoxy) is 2. The van der Waals surface area contributed by atoms with E-state index < -0.39 is 62.4 Å². The second-order valence-corrected chi connectivity index (χ2v) is 14.2. The highest BCUT2D eigenvalue weighted by Crippen LogP contribution is 3.02. The molecule has 3 fully saturated rings. The van der Waals surface area contributed by atoms with Crippen LogP contribution in [0.2, 0.25) is 0 Å². The van der Waals surface area contributed by atoms with Crippen molar-refractivity contribution >= 4 is 33.6 Å². The molecule has 0 aromatic heterocycles. The van der Waals surface area contributed by atoms with Crippen LogP contribution in [0.5, 0.6) is 11.5 Å². The first-order chi connectivity index (χ1) is 20.4. The van der Waals surface area contributed by atoms with Gasteiger partial charge in [-0.2, -0.15) is 0 Å². The fraction of sp³-hybridized carbons (Fsp3) is 0.483. The summed E-state index contributed by atoms with van der Waals surface area (Å²) in [6.45, 7) is 0. The molecule has 2 aromatic rings. The zero-order valence-electron chi connectivity index (χ0n) is 23.7. The molecule has 242 valence electrons. The van der Waals surface area contributed by atoms with Crippen LogP contribution in [-0.4, -0.2) is 37.0 Å². The maximum Gasteiger partial charge on any atom is 0.310 e. The van der Waals surface area contributed by atoms with Gasteiger partial charge in [0.2, 0.25) is 11.8 Å². The molecule has 3 amide bonds. The third kappa shape index (κ3) is 6.71. The molecule has 5 rings (SSSR count). The Labute approximate surface area is 249 Å². The summed E-state index contributed by atoms with van der Waals surface area (Å²) in [4.78, 5) is 36.2. The molecule has 0 radical (unpaired) electrons. The smallest absolute Gasteiger partial charge is 0.310 e. The zero-order chi connectivity index (χ0) is 32.1. The van der Waals surface area contributed by atoms with E-state index in [0.717, 1.165) is 18.2 Å². The molecule has 4 unspecified atom stereocenters. The highest BCUT2D eigenvalue weighted by molar-refractivity contribution is 8.45. The van der Waals surface area contributed by atoms with E-state index in [1.165, 1.54) is 13.2 Å². The third-order valence-corrected chi connectivity index (χ3v) is 10.1. The Hall–Kier alpha value is -3.62. The quantitative estimate of drug-likeness (QED) is 0.261. The van der Waals surface area contributed by atoms with Crippen LogP contribution >= 0.6 is 10.2 Å². The summed E-state index contributed by atoms with van der Waals surface area (Å²) in [6, 6.07) is 3.81. The van der Waals surface area contributed by atoms with E-state index in [9.17, 15) is 38.2 Å². The predicted molar refractivity (Wildman–Crippen MR) is 151 cm³/mol. The van der Waals surface area contributed by atoms with Gasteiger partial charge in [0.25, 0.3) is 5.91 Å². The molecule has 0 saturated heterocycles. The SMILES string of the molecule is COc1cc(F)c(OC2CCC(C(N)=O)CC2)cc1C(=O)NC1C2CCC(C2)C1C(=O)Nc1cccc(S(F)(F)(F)(F)F)c1. The number of nitrogens with two attached hydrogens (primary N) is 1. The van der Waals surface area contributed by atoms with Gasteiger partial charge >= 0.3 is 10.2 Å². The van der Waals surface area contributed by atoms with E-state index in [-0.39, 0.29) is 46.9 Å². The average Bonchev–Trinajstić information content (AvgIpc) is 3.55. The van der Waals surface area contributed by atoms with Gasteiger partial charge in [-0.1, -0.05) is 25.5 Å². The van der Waals surface area contributed by atoms with E-state index in [0.29, 0.717) is 44.9 Å². The molecule has 0 heterocycles. The molecule has 0 spiro atoms. The molecule has 3 aliphatic carbocycles. The number of carbonyl (C=O) groups is 3. The fourth-order valence-electron chi connectivity index (χ4n) is 6.76. The molecule has 4 N–H and O–H groups in total. The van der Waals surface area contributed by atoms with Crippen LogP contribution in [0.15, 0.2) is 41.3 Å². The van der Waals surface area contributed by atoms with Crippen molar-refractivity contribution < 1.29 is 47.7 Å². The van der Waals surface area contributed by atoms with Crippen LogP contribution in [0.25, 0.3) is 0 Å². The molecule has 4 atom stereocenters. The molecule has 15 heteroatoms. The summed E-state index contributed by atoms with van der Waals surface area (Å²) in [7, 11) is -8.71. The van der Waals surface area contributed by atoms with Crippen LogP contribution in [0.3, 0.4) is 0 Å². The van der Waals surface area contributed by atoms with Crippen molar-refractivity contribution in [1.82, 2.24) is 5.32 Å². The van der Waals surface area contributed by atoms with Gasteiger partial charge in [0.15, 0.2) is 11.6 Å². The minimum atomic E-state index is -9.97. The van der Waals surface area contributed by atoms with Gasteiger partial charge in [-0.05, 0) is 81.0 Å². The van der Waals surface area contributed by atoms with E-state index in [1.54, 1.807) is 0 Å². The lowest BCUT2D eigenvalue weighted by Crippen LogP contribution is -2.48. The van der Waals surface area contributed by atoms with Crippen LogP contribution in [0.1, 0.15) is 55.3 Å². The van der Waals surface area contributed by atoms with Crippen molar-refractivity contribution in [2.24, 2.45) is 29.4 Å². The number of halogens is 6. The van der Waals surface area contributed by atoms with Gasteiger partial charge in [-0.25, -0.2) is 4.39 Å². The normalized spacial score (nSPS) is 28.0. The molecule has 0 aliphatic heterocycles. The van der Waals surface area contributed by atoms with Gasteiger partial charge < -0.3 is 25.8 Å². The third-order valence-electron chi connectivity index (χ3n) is 8.93. The maximum atomic E-state index is 14.9. The van der Waals surface area contributed by atoms with E-state index >= 15 is 0 Å². The Bertz CT molecular complexity index is 1480. The van der Waals surface area contributed by atoms with Gasteiger partial charge in [0.05, 0.1) is 24.7 Å². The van der Waals surface area contributed by atoms with Crippen molar-refractivity contribution in [3.63, 3.8) is 0 Å². The number of anilines is 1. The van der Waals surface area contributed by atoms with Gasteiger partial charge in [0.1, 0.15) is 10.6 Å². The zero-order valence-corrected chi connectivity index (χ0v) is 24.5. The second-order valence-electron chi connectivity index (χ2n) is 11.8. The molecule has 2 bridgehead atoms. The number of hydrogen-bond acceptors (Lipinski definition) is 5. The summed E-state index contributed by atoms with van der Waals surface area (Å²) in [5, 5.41) is 5.16. The van der Waals surface area contributed by atoms with Crippen molar-refractivity contribution in [2.45, 2.75) is 62.0 Å². The van der Waals surface area contributed by atoms with E-state index in [4.69, 9.17) is 15.2 Å². The molecule has 3 saturated carbocycles. The number of primary amides is 1. The number of methoxy groups -OCH3 is 1. The van der Waals surface area contributed by atoms with Crippen molar-refractivity contribution in [3.8, 4) is 11.5 Å². The average molecular weight is 650 g/mol. The summed E-state index contributed by atoms with van der Waals surface area (Å²) in [6.07, 6.45) is 3.43. The standard InChI is InChI=1S/C29H33F6N3O5S/c1-42-23-14-22(30)24(43-19-9-7-15(8-10-19)27(36)39)13-21(23)28(40)38-26-17-6-5-16(11-17)25(26)29(41)37-18-3-2-4-20(12-18)44(31,32,33,34)35/h2-4,12-17,19,25-26H,5-11H2,1H3,(H2,36,39)(H,37,41)(H,38,40). The summed E-state index contributed by atoms with van der Waals surface area (Å²) >= 11 is 0. The number of fused-ring (bicyclic) bond motifs is 2. The number of benzene rings is 2. The molecule has 3 aliphatic rings. The topological polar surface area (TPSA) is 120 Å². The Balaban J connectivity index is 1.33. The molecular weight excluding hydrogens is 616 g/mol. The Morgan fingerprint density at radius 3 is 2.23 bits per heavy atom. The largest absolute Gasteiger partial charge is 0.496 e. The van der Waals surface area contributed by atoms with E-state index in [1.807, 2.05) is 0 Å². The van der Waals surface area contributed by atoms with E-state index in [2.05, 4.69) is 10.6 Å². The molecule has 44 heavy (non-hydrogen) atoms. The van der Waals surface area contributed by atoms with Crippen molar-refractivity contribution in [2.75, 3.05) is 12.4 Å². The summed E-state index contributed by atoms with van der Waals surface area (Å²) in [5.74, 6) is -4.24. The number of hydrogen-bond donors (Lipinski definition) is 3. The summed E-state index contributed by atoms with van der Waals surface area (Å²) in [5.41, 5.74) is 4.87. The van der Waals surface area contributed by atoms with Crippen molar-refractivity contribution in [3.05, 3.63) is 47.8 Å². The molecular formula is C29H33F6N3O5S. The monoisotopic (exact) mass is 649 g/mol. The Morgan fingerprint density at radius 2 is 1.59 bits per heavy atom. The lowest BCUT2D eigenvalue weighted by molar-refractivity contribution is -0.123. The highest BCUT2D eigenvalue weighted by atomic mass is 32.5. The second kappa shape index (κ2) is 10.8. The van der Waals surface area contributed by atoms with Crippen LogP contribution in [0, 0.1) is 29.5 Å².